The molecule has 3 heteroatoms. The summed E-state index contributed by atoms with van der Waals surface area (Å²) >= 11 is 0. The Morgan fingerprint density at radius 2 is 1.92 bits per heavy atom. The molecule has 0 unspecified atom stereocenters. The van der Waals surface area contributed by atoms with E-state index in [9.17, 15) is 5.11 Å². The first-order valence-corrected chi connectivity index (χ1v) is 4.64. The van der Waals surface area contributed by atoms with E-state index in [0.29, 0.717) is 13.1 Å². The molecule has 0 saturated heterocycles. The monoisotopic (exact) mass is 174 g/mol. The van der Waals surface area contributed by atoms with E-state index in [-0.39, 0.29) is 0 Å². The molecule has 0 saturated carbocycles. The number of hydrogen-bond donors (Lipinski definition) is 2. The van der Waals surface area contributed by atoms with Gasteiger partial charge >= 0.3 is 0 Å². The highest BCUT2D eigenvalue weighted by molar-refractivity contribution is 4.71. The molecule has 0 amide bonds. The van der Waals surface area contributed by atoms with Crippen LogP contribution in [-0.2, 0) is 0 Å². The van der Waals surface area contributed by atoms with E-state index in [4.69, 9.17) is 5.73 Å². The lowest BCUT2D eigenvalue weighted by atomic mass is 10.1. The standard InChI is InChI=1S/C9H22N2O/c1-4-6-11(7-5-10)8-9(2,3)12/h12H,4-8,10H2,1-3H3. The SMILES string of the molecule is CCCN(CCN)CC(C)(C)O. The lowest BCUT2D eigenvalue weighted by molar-refractivity contribution is 0.0372. The molecular formula is C9H22N2O. The van der Waals surface area contributed by atoms with Gasteiger partial charge in [-0.3, -0.25) is 4.90 Å². The fraction of sp³-hybridized carbons (Fsp3) is 1.00. The molecule has 0 bridgehead atoms. The molecule has 0 radical (unpaired) electrons. The summed E-state index contributed by atoms with van der Waals surface area (Å²) in [6.07, 6.45) is 1.11. The molecular weight excluding hydrogens is 152 g/mol. The molecule has 0 aromatic carbocycles. The second-order valence-corrected chi connectivity index (χ2v) is 3.88. The summed E-state index contributed by atoms with van der Waals surface area (Å²) in [6.45, 7) is 9.04. The summed E-state index contributed by atoms with van der Waals surface area (Å²) in [4.78, 5) is 2.19. The Labute approximate surface area is 75.6 Å². The van der Waals surface area contributed by atoms with Gasteiger partial charge in [-0.1, -0.05) is 6.92 Å². The van der Waals surface area contributed by atoms with Gasteiger partial charge in [-0.15, -0.1) is 0 Å². The number of nitrogens with zero attached hydrogens (tertiary/aromatic N) is 1. The van der Waals surface area contributed by atoms with E-state index < -0.39 is 5.60 Å². The van der Waals surface area contributed by atoms with Crippen LogP contribution in [-0.4, -0.2) is 41.8 Å². The number of rotatable bonds is 6. The predicted octanol–water partition coefficient (Wildman–Crippen LogP) is 0.428. The molecule has 0 aromatic rings. The topological polar surface area (TPSA) is 49.5 Å². The Balaban J connectivity index is 3.77. The fourth-order valence-electron chi connectivity index (χ4n) is 1.32. The van der Waals surface area contributed by atoms with E-state index in [1.165, 1.54) is 0 Å². The minimum Gasteiger partial charge on any atom is -0.389 e. The van der Waals surface area contributed by atoms with Crippen LogP contribution in [0.2, 0.25) is 0 Å². The minimum absolute atomic E-state index is 0.607. The molecule has 0 aliphatic rings. The lowest BCUT2D eigenvalue weighted by Gasteiger charge is -2.28. The highest BCUT2D eigenvalue weighted by Crippen LogP contribution is 2.04. The van der Waals surface area contributed by atoms with Crippen LogP contribution in [0.3, 0.4) is 0 Å². The third-order valence-electron chi connectivity index (χ3n) is 1.60. The van der Waals surface area contributed by atoms with Crippen molar-refractivity contribution in [2.75, 3.05) is 26.2 Å². The zero-order valence-electron chi connectivity index (χ0n) is 8.51. The molecule has 0 rings (SSSR count). The first-order chi connectivity index (χ1) is 5.49. The Morgan fingerprint density at radius 1 is 1.33 bits per heavy atom. The number of nitrogens with two attached hydrogens (primary N) is 1. The predicted molar refractivity (Wildman–Crippen MR) is 52.1 cm³/mol. The third kappa shape index (κ3) is 6.58. The van der Waals surface area contributed by atoms with Gasteiger partial charge in [-0.25, -0.2) is 0 Å². The second-order valence-electron chi connectivity index (χ2n) is 3.88. The quantitative estimate of drug-likeness (QED) is 0.614. The lowest BCUT2D eigenvalue weighted by Crippen LogP contribution is -2.41. The molecule has 0 spiro atoms. The van der Waals surface area contributed by atoms with Crippen molar-refractivity contribution in [2.24, 2.45) is 5.73 Å². The molecule has 0 aliphatic carbocycles. The minimum atomic E-state index is -0.607. The zero-order valence-corrected chi connectivity index (χ0v) is 8.51. The Kier molecular flexibility index (Phi) is 5.46. The van der Waals surface area contributed by atoms with E-state index in [0.717, 1.165) is 19.5 Å². The van der Waals surface area contributed by atoms with Gasteiger partial charge in [0.1, 0.15) is 0 Å². The first-order valence-electron chi connectivity index (χ1n) is 4.64. The molecule has 0 atom stereocenters. The van der Waals surface area contributed by atoms with Crippen LogP contribution >= 0.6 is 0 Å². The second kappa shape index (κ2) is 5.51. The Morgan fingerprint density at radius 3 is 2.25 bits per heavy atom. The Bertz CT molecular complexity index is 104. The molecule has 3 nitrogen and oxygen atoms in total. The van der Waals surface area contributed by atoms with Crippen LogP contribution in [0.4, 0.5) is 0 Å². The van der Waals surface area contributed by atoms with Crippen LogP contribution in [0.1, 0.15) is 27.2 Å². The van der Waals surface area contributed by atoms with Crippen LogP contribution in [0, 0.1) is 0 Å². The van der Waals surface area contributed by atoms with Crippen molar-refractivity contribution in [2.45, 2.75) is 32.8 Å². The van der Waals surface area contributed by atoms with E-state index in [2.05, 4.69) is 11.8 Å². The van der Waals surface area contributed by atoms with Gasteiger partial charge in [-0.05, 0) is 26.8 Å². The van der Waals surface area contributed by atoms with Crippen molar-refractivity contribution in [3.05, 3.63) is 0 Å². The first kappa shape index (κ1) is 11.9. The van der Waals surface area contributed by atoms with E-state index >= 15 is 0 Å². The summed E-state index contributed by atoms with van der Waals surface area (Å²) in [7, 11) is 0. The highest BCUT2D eigenvalue weighted by Gasteiger charge is 2.16. The zero-order chi connectivity index (χ0) is 9.61. The van der Waals surface area contributed by atoms with Crippen molar-refractivity contribution in [1.29, 1.82) is 0 Å². The summed E-state index contributed by atoms with van der Waals surface area (Å²) in [5.41, 5.74) is 4.85. The van der Waals surface area contributed by atoms with Gasteiger partial charge in [0.25, 0.3) is 0 Å². The summed E-state index contributed by atoms with van der Waals surface area (Å²) < 4.78 is 0. The van der Waals surface area contributed by atoms with Gasteiger partial charge < -0.3 is 10.8 Å². The van der Waals surface area contributed by atoms with Gasteiger partial charge in [0.15, 0.2) is 0 Å². The smallest absolute Gasteiger partial charge is 0.0718 e. The van der Waals surface area contributed by atoms with Crippen LogP contribution in [0.25, 0.3) is 0 Å². The average Bonchev–Trinajstić information content (AvgIpc) is 1.84. The number of aliphatic hydroxyl groups is 1. The van der Waals surface area contributed by atoms with Gasteiger partial charge in [0.2, 0.25) is 0 Å². The maximum absolute atomic E-state index is 9.56. The molecule has 3 N–H and O–H groups in total. The van der Waals surface area contributed by atoms with E-state index in [1.54, 1.807) is 0 Å². The molecule has 0 fully saturated rings. The molecule has 0 aromatic heterocycles. The fourth-order valence-corrected chi connectivity index (χ4v) is 1.32. The van der Waals surface area contributed by atoms with Crippen LogP contribution in [0.5, 0.6) is 0 Å². The molecule has 74 valence electrons. The average molecular weight is 174 g/mol. The highest BCUT2D eigenvalue weighted by atomic mass is 16.3. The van der Waals surface area contributed by atoms with Crippen LogP contribution in [0.15, 0.2) is 0 Å². The van der Waals surface area contributed by atoms with Gasteiger partial charge in [-0.2, -0.15) is 0 Å². The molecule has 0 heterocycles. The van der Waals surface area contributed by atoms with Crippen LogP contribution < -0.4 is 5.73 Å². The summed E-state index contributed by atoms with van der Waals surface area (Å²) in [6, 6.07) is 0. The van der Waals surface area contributed by atoms with Crippen molar-refractivity contribution in [1.82, 2.24) is 4.90 Å². The van der Waals surface area contributed by atoms with Crippen molar-refractivity contribution in [3.8, 4) is 0 Å². The molecule has 12 heavy (non-hydrogen) atoms. The maximum atomic E-state index is 9.56. The number of hydrogen-bond acceptors (Lipinski definition) is 3. The van der Waals surface area contributed by atoms with E-state index in [1.807, 2.05) is 13.8 Å². The third-order valence-corrected chi connectivity index (χ3v) is 1.60. The summed E-state index contributed by atoms with van der Waals surface area (Å²) in [5.74, 6) is 0. The Hall–Kier alpha value is -0.120. The van der Waals surface area contributed by atoms with Gasteiger partial charge in [0, 0.05) is 19.6 Å². The van der Waals surface area contributed by atoms with Gasteiger partial charge in [0.05, 0.1) is 5.60 Å². The summed E-state index contributed by atoms with van der Waals surface area (Å²) in [5, 5.41) is 9.56. The maximum Gasteiger partial charge on any atom is 0.0718 e. The van der Waals surface area contributed by atoms with Crippen molar-refractivity contribution in [3.63, 3.8) is 0 Å². The molecule has 0 aliphatic heterocycles. The van der Waals surface area contributed by atoms with Crippen molar-refractivity contribution < 1.29 is 5.11 Å². The normalized spacial score (nSPS) is 12.5. The van der Waals surface area contributed by atoms with Crippen molar-refractivity contribution >= 4 is 0 Å². The largest absolute Gasteiger partial charge is 0.389 e.